The molecule has 1 aromatic rings. The molecule has 1 aliphatic rings. The minimum absolute atomic E-state index is 0.110. The Kier molecular flexibility index (Phi) is 3.71. The molecule has 2 N–H and O–H groups in total. The van der Waals surface area contributed by atoms with E-state index < -0.39 is 20.1 Å². The Morgan fingerprint density at radius 3 is 2.40 bits per heavy atom. The van der Waals surface area contributed by atoms with Gasteiger partial charge < -0.3 is 10.3 Å². The van der Waals surface area contributed by atoms with Crippen LogP contribution in [0.25, 0.3) is 0 Å². The minimum Gasteiger partial charge on any atom is -0.338 e. The molecule has 0 saturated heterocycles. The fourth-order valence-electron chi connectivity index (χ4n) is 2.33. The van der Waals surface area contributed by atoms with Crippen molar-refractivity contribution in [2.24, 2.45) is 11.7 Å². The summed E-state index contributed by atoms with van der Waals surface area (Å²) < 4.78 is 27.6. The van der Waals surface area contributed by atoms with Crippen LogP contribution >= 0.6 is 0 Å². The maximum Gasteiger partial charge on any atom is 0.247 e. The summed E-state index contributed by atoms with van der Waals surface area (Å²) in [5.74, 6) is 1.19. The number of aromatic nitrogens is 2. The molecule has 2 rings (SSSR count). The van der Waals surface area contributed by atoms with Crippen molar-refractivity contribution in [2.45, 2.75) is 56.7 Å². The van der Waals surface area contributed by atoms with Gasteiger partial charge >= 0.3 is 0 Å². The van der Waals surface area contributed by atoms with E-state index >= 15 is 0 Å². The highest BCUT2D eigenvalue weighted by molar-refractivity contribution is 7.91. The van der Waals surface area contributed by atoms with Crippen molar-refractivity contribution >= 4 is 9.84 Å². The summed E-state index contributed by atoms with van der Waals surface area (Å²) in [6.07, 6.45) is 4.81. The molecule has 6 nitrogen and oxygen atoms in total. The number of sulfone groups is 1. The molecule has 1 aliphatic carbocycles. The summed E-state index contributed by atoms with van der Waals surface area (Å²) in [5, 5.41) is 3.94. The molecule has 1 heterocycles. The minimum atomic E-state index is -3.34. The van der Waals surface area contributed by atoms with Gasteiger partial charge in [-0.1, -0.05) is 12.1 Å². The second-order valence-corrected chi connectivity index (χ2v) is 9.11. The van der Waals surface area contributed by atoms with Crippen LogP contribution in [0.4, 0.5) is 0 Å². The average molecular weight is 301 g/mol. The lowest BCUT2D eigenvalue weighted by molar-refractivity contribution is 0.229. The summed E-state index contributed by atoms with van der Waals surface area (Å²) in [6, 6.07) is 0. The van der Waals surface area contributed by atoms with Crippen molar-refractivity contribution in [1.82, 2.24) is 10.1 Å². The maximum atomic E-state index is 11.8. The van der Waals surface area contributed by atoms with Crippen LogP contribution in [-0.4, -0.2) is 24.8 Å². The highest BCUT2D eigenvalue weighted by Crippen LogP contribution is 2.37. The first-order valence-electron chi connectivity index (χ1n) is 6.89. The van der Waals surface area contributed by atoms with Crippen molar-refractivity contribution < 1.29 is 12.9 Å². The molecule has 0 atom stereocenters. The van der Waals surface area contributed by atoms with Crippen molar-refractivity contribution in [3.05, 3.63) is 11.7 Å². The molecule has 1 fully saturated rings. The maximum absolute atomic E-state index is 11.8. The number of nitrogens with two attached hydrogens (primary N) is 1. The van der Waals surface area contributed by atoms with Gasteiger partial charge in [0, 0.05) is 6.26 Å². The molecule has 20 heavy (non-hydrogen) atoms. The summed E-state index contributed by atoms with van der Waals surface area (Å²) >= 11 is 0. The second-order valence-electron chi connectivity index (χ2n) is 6.54. The number of rotatable bonds is 3. The average Bonchev–Trinajstić information content (AvgIpc) is 2.82. The molecule has 1 aromatic heterocycles. The zero-order valence-corrected chi connectivity index (χ0v) is 13.3. The molecule has 7 heteroatoms. The van der Waals surface area contributed by atoms with Gasteiger partial charge in [-0.05, 0) is 45.4 Å². The van der Waals surface area contributed by atoms with Crippen LogP contribution in [0.5, 0.6) is 0 Å². The fraction of sp³-hybridized carbons (Fsp3) is 0.846. The van der Waals surface area contributed by atoms with Gasteiger partial charge in [-0.2, -0.15) is 4.98 Å². The molecule has 0 unspecified atom stereocenters. The summed E-state index contributed by atoms with van der Waals surface area (Å²) in [7, 11) is -3.34. The molecular formula is C13H23N3O3S. The molecule has 0 radical (unpaired) electrons. The Balaban J connectivity index is 2.30. The third kappa shape index (κ3) is 2.61. The van der Waals surface area contributed by atoms with E-state index in [2.05, 4.69) is 17.1 Å². The van der Waals surface area contributed by atoms with E-state index in [1.165, 1.54) is 0 Å². The van der Waals surface area contributed by atoms with Gasteiger partial charge in [-0.3, -0.25) is 0 Å². The van der Waals surface area contributed by atoms with Gasteiger partial charge in [-0.25, -0.2) is 8.42 Å². The molecule has 0 aliphatic heterocycles. The van der Waals surface area contributed by atoms with E-state index in [0.29, 0.717) is 11.7 Å². The smallest absolute Gasteiger partial charge is 0.247 e. The van der Waals surface area contributed by atoms with Crippen LogP contribution < -0.4 is 5.73 Å². The third-order valence-corrected chi connectivity index (χ3v) is 6.51. The largest absolute Gasteiger partial charge is 0.338 e. The standard InChI is InChI=1S/C13H23N3O3S/c1-9-5-7-13(14,8-6-9)10-15-11(19-16-10)12(2,3)20(4,17)18/h9H,5-8,14H2,1-4H3. The van der Waals surface area contributed by atoms with Crippen LogP contribution in [0.2, 0.25) is 0 Å². The van der Waals surface area contributed by atoms with E-state index in [1.807, 2.05) is 0 Å². The molecule has 0 amide bonds. The summed E-state index contributed by atoms with van der Waals surface area (Å²) in [5.41, 5.74) is 5.78. The SMILES string of the molecule is CC1CCC(N)(c2noc(C(C)(C)S(C)(=O)=O)n2)CC1. The van der Waals surface area contributed by atoms with E-state index in [9.17, 15) is 8.42 Å². The van der Waals surface area contributed by atoms with Crippen LogP contribution in [0.15, 0.2) is 4.52 Å². The van der Waals surface area contributed by atoms with Crippen LogP contribution in [0.3, 0.4) is 0 Å². The predicted octanol–water partition coefficient (Wildman–Crippen LogP) is 1.71. The fourth-order valence-corrected chi connectivity index (χ4v) is 2.73. The molecular weight excluding hydrogens is 278 g/mol. The quantitative estimate of drug-likeness (QED) is 0.912. The van der Waals surface area contributed by atoms with Gasteiger partial charge in [0.15, 0.2) is 15.7 Å². The first-order chi connectivity index (χ1) is 9.06. The van der Waals surface area contributed by atoms with Gasteiger partial charge in [0.25, 0.3) is 0 Å². The molecule has 0 spiro atoms. The van der Waals surface area contributed by atoms with Crippen molar-refractivity contribution in [1.29, 1.82) is 0 Å². The Labute approximate surface area is 120 Å². The molecule has 0 aromatic carbocycles. The number of nitrogens with zero attached hydrogens (tertiary/aromatic N) is 2. The topological polar surface area (TPSA) is 99.1 Å². The van der Waals surface area contributed by atoms with Gasteiger partial charge in [-0.15, -0.1) is 0 Å². The third-order valence-electron chi connectivity index (χ3n) is 4.48. The van der Waals surface area contributed by atoms with Gasteiger partial charge in [0.1, 0.15) is 4.75 Å². The Morgan fingerprint density at radius 2 is 1.90 bits per heavy atom. The Bertz CT molecular complexity index is 584. The number of hydrogen-bond acceptors (Lipinski definition) is 6. The lowest BCUT2D eigenvalue weighted by atomic mass is 9.77. The normalized spacial score (nSPS) is 28.6. The second kappa shape index (κ2) is 4.80. The van der Waals surface area contributed by atoms with E-state index in [1.54, 1.807) is 13.8 Å². The van der Waals surface area contributed by atoms with Crippen molar-refractivity contribution in [2.75, 3.05) is 6.26 Å². The van der Waals surface area contributed by atoms with Crippen molar-refractivity contribution in [3.8, 4) is 0 Å². The lowest BCUT2D eigenvalue weighted by Gasteiger charge is -2.33. The van der Waals surface area contributed by atoms with Crippen LogP contribution in [0.1, 0.15) is 58.2 Å². The zero-order valence-electron chi connectivity index (χ0n) is 12.5. The molecule has 1 saturated carbocycles. The molecule has 0 bridgehead atoms. The summed E-state index contributed by atoms with van der Waals surface area (Å²) in [4.78, 5) is 4.29. The van der Waals surface area contributed by atoms with Crippen LogP contribution in [0, 0.1) is 5.92 Å². The highest BCUT2D eigenvalue weighted by atomic mass is 32.2. The highest BCUT2D eigenvalue weighted by Gasteiger charge is 2.42. The Morgan fingerprint density at radius 1 is 1.35 bits per heavy atom. The Hall–Kier alpha value is -0.950. The van der Waals surface area contributed by atoms with Gasteiger partial charge in [0.2, 0.25) is 5.89 Å². The summed E-state index contributed by atoms with van der Waals surface area (Å²) in [6.45, 7) is 5.32. The lowest BCUT2D eigenvalue weighted by Crippen LogP contribution is -2.41. The van der Waals surface area contributed by atoms with E-state index in [-0.39, 0.29) is 5.89 Å². The first-order valence-corrected chi connectivity index (χ1v) is 8.78. The molecule has 114 valence electrons. The number of hydrogen-bond donors (Lipinski definition) is 1. The first kappa shape index (κ1) is 15.4. The van der Waals surface area contributed by atoms with Crippen molar-refractivity contribution in [3.63, 3.8) is 0 Å². The zero-order chi connectivity index (χ0) is 15.2. The monoisotopic (exact) mass is 301 g/mol. The van der Waals surface area contributed by atoms with Crippen LogP contribution in [-0.2, 0) is 20.1 Å². The van der Waals surface area contributed by atoms with E-state index in [0.717, 1.165) is 31.9 Å². The van der Waals surface area contributed by atoms with E-state index in [4.69, 9.17) is 10.3 Å². The van der Waals surface area contributed by atoms with Gasteiger partial charge in [0.05, 0.1) is 5.54 Å². The predicted molar refractivity (Wildman–Crippen MR) is 75.7 cm³/mol.